The first-order valence-electron chi connectivity index (χ1n) is 16.4. The van der Waals surface area contributed by atoms with Crippen molar-refractivity contribution in [2.45, 2.75) is 122 Å². The van der Waals surface area contributed by atoms with E-state index in [1.54, 1.807) is 13.8 Å². The van der Waals surface area contributed by atoms with E-state index in [9.17, 15) is 23.1 Å². The van der Waals surface area contributed by atoms with Crippen LogP contribution in [0.25, 0.3) is 0 Å². The Bertz CT molecular complexity index is 1200. The van der Waals surface area contributed by atoms with Gasteiger partial charge in [0.1, 0.15) is 6.04 Å². The highest BCUT2D eigenvalue weighted by molar-refractivity contribution is 7.92. The average molecular weight is 635 g/mol. The van der Waals surface area contributed by atoms with Gasteiger partial charge in [-0.3, -0.25) is 14.5 Å². The van der Waals surface area contributed by atoms with Crippen molar-refractivity contribution in [1.29, 1.82) is 0 Å². The third-order valence-corrected chi connectivity index (χ3v) is 11.6. The molecule has 6 atom stereocenters. The molecule has 0 bridgehead atoms. The van der Waals surface area contributed by atoms with Crippen LogP contribution in [0.15, 0.2) is 30.3 Å². The van der Waals surface area contributed by atoms with E-state index in [-0.39, 0.29) is 30.0 Å². The minimum absolute atomic E-state index is 0.0229. The van der Waals surface area contributed by atoms with Gasteiger partial charge in [0.2, 0.25) is 11.8 Å². The molecule has 4 N–H and O–H groups in total. The number of rotatable bonds is 13. The number of benzene rings is 1. The molecule has 1 heterocycles. The van der Waals surface area contributed by atoms with Crippen LogP contribution in [0, 0.1) is 17.8 Å². The lowest BCUT2D eigenvalue weighted by Crippen LogP contribution is -2.63. The topological polar surface area (TPSA) is 128 Å². The highest BCUT2D eigenvalue weighted by Gasteiger charge is 2.45. The van der Waals surface area contributed by atoms with Gasteiger partial charge < -0.3 is 21.1 Å². The lowest BCUT2D eigenvalue weighted by atomic mass is 9.72. The number of β-amino-alcohol motifs (C(OH)–C–C–N with tert-alkyl or cyclic N) is 1. The molecular weight excluding hydrogens is 576 g/mol. The van der Waals surface area contributed by atoms with Gasteiger partial charge >= 0.3 is 0 Å². The fraction of sp³-hybridized carbons (Fsp3) is 0.765. The van der Waals surface area contributed by atoms with Crippen molar-refractivity contribution in [1.82, 2.24) is 20.9 Å². The average Bonchev–Trinajstić information content (AvgIpc) is 2.91. The summed E-state index contributed by atoms with van der Waals surface area (Å²) in [5, 5.41) is 21.2. The summed E-state index contributed by atoms with van der Waals surface area (Å²) in [7, 11) is -3.61. The molecule has 1 aliphatic heterocycles. The van der Waals surface area contributed by atoms with Crippen LogP contribution in [-0.4, -0.2) is 90.6 Å². The van der Waals surface area contributed by atoms with Crippen molar-refractivity contribution < 1.29 is 23.1 Å². The molecule has 2 aliphatic rings. The number of nitrogens with zero attached hydrogens (tertiary/aromatic N) is 1. The largest absolute Gasteiger partial charge is 0.390 e. The number of aliphatic hydroxyl groups is 1. The molecule has 3 rings (SSSR count). The summed E-state index contributed by atoms with van der Waals surface area (Å²) in [6, 6.07) is 7.58. The third kappa shape index (κ3) is 9.99. The molecule has 2 fully saturated rings. The van der Waals surface area contributed by atoms with Crippen molar-refractivity contribution in [3.63, 3.8) is 0 Å². The zero-order valence-electron chi connectivity index (χ0n) is 28.2. The molecule has 1 saturated heterocycles. The molecule has 9 nitrogen and oxygen atoms in total. The Kier molecular flexibility index (Phi) is 12.5. The molecule has 2 amide bonds. The molecule has 250 valence electrons. The molecule has 2 unspecified atom stereocenters. The van der Waals surface area contributed by atoms with Crippen LogP contribution in [0.4, 0.5) is 0 Å². The van der Waals surface area contributed by atoms with Gasteiger partial charge in [0, 0.05) is 24.9 Å². The Hall–Kier alpha value is -2.01. The molecule has 10 heteroatoms. The van der Waals surface area contributed by atoms with Gasteiger partial charge in [0.15, 0.2) is 9.84 Å². The lowest BCUT2D eigenvalue weighted by Gasteiger charge is -2.47. The highest BCUT2D eigenvalue weighted by Crippen LogP contribution is 2.39. The van der Waals surface area contributed by atoms with Gasteiger partial charge in [-0.25, -0.2) is 8.42 Å². The Balaban J connectivity index is 1.90. The number of nitrogens with one attached hydrogen (secondary N) is 3. The number of fused-ring (bicyclic) bond motifs is 1. The quantitative estimate of drug-likeness (QED) is 0.262. The normalized spacial score (nSPS) is 23.8. The van der Waals surface area contributed by atoms with Crippen molar-refractivity contribution in [2.75, 3.05) is 25.9 Å². The summed E-state index contributed by atoms with van der Waals surface area (Å²) in [6.45, 7) is 14.5. The first-order chi connectivity index (χ1) is 20.4. The van der Waals surface area contributed by atoms with Gasteiger partial charge in [-0.1, -0.05) is 63.4 Å². The number of piperidine rings is 1. The number of amides is 2. The third-order valence-electron chi connectivity index (χ3n) is 9.46. The maximum absolute atomic E-state index is 13.9. The number of hydrogen-bond donors (Lipinski definition) is 4. The number of aliphatic hydroxyl groups excluding tert-OH is 1. The molecule has 0 aromatic heterocycles. The van der Waals surface area contributed by atoms with Crippen LogP contribution in [0.3, 0.4) is 0 Å². The molecule has 1 aromatic rings. The Labute approximate surface area is 266 Å². The maximum atomic E-state index is 13.9. The second-order valence-corrected chi connectivity index (χ2v) is 17.8. The molecule has 1 aliphatic carbocycles. The van der Waals surface area contributed by atoms with E-state index in [4.69, 9.17) is 0 Å². The molecule has 1 aromatic carbocycles. The minimum Gasteiger partial charge on any atom is -0.390 e. The van der Waals surface area contributed by atoms with E-state index in [0.29, 0.717) is 24.8 Å². The van der Waals surface area contributed by atoms with E-state index in [2.05, 4.69) is 20.9 Å². The molecule has 1 saturated carbocycles. The number of hydrogen-bond acceptors (Lipinski definition) is 7. The van der Waals surface area contributed by atoms with Gasteiger partial charge in [-0.2, -0.15) is 0 Å². The van der Waals surface area contributed by atoms with Gasteiger partial charge in [-0.15, -0.1) is 0 Å². The highest BCUT2D eigenvalue weighted by atomic mass is 32.2. The van der Waals surface area contributed by atoms with Crippen molar-refractivity contribution >= 4 is 21.7 Å². The SMILES string of the molecule is CC(C)CN[C@H](C(=O)N[C@@H](Cc1ccccc1)[C@H](O)CN1CC2CCCCC2C[C@H]1C(=O)NC(C)(C)C)C(C)(C)S(C)(=O)=O. The summed E-state index contributed by atoms with van der Waals surface area (Å²) in [4.78, 5) is 29.6. The summed E-state index contributed by atoms with van der Waals surface area (Å²) in [6.07, 6.45) is 5.92. The predicted octanol–water partition coefficient (Wildman–Crippen LogP) is 3.31. The van der Waals surface area contributed by atoms with E-state index in [1.165, 1.54) is 12.8 Å². The standard InChI is InChI=1S/C34H58N4O5S/c1-23(2)20-35-30(34(6,7)44(8,42)43)32(41)36-27(18-24-14-10-9-11-15-24)29(39)22-38-21-26-17-13-12-16-25(26)19-28(38)31(40)37-33(3,4)5/h9-11,14-15,23,25-30,35,39H,12-13,16-22H2,1-8H3,(H,36,41)(H,37,40)/t25?,26?,27-,28-,29+,30+/m0/s1. The number of carbonyl (C=O) groups is 2. The molecular formula is C34H58N4O5S. The Morgan fingerprint density at radius 3 is 2.20 bits per heavy atom. The maximum Gasteiger partial charge on any atom is 0.239 e. The van der Waals surface area contributed by atoms with Crippen LogP contribution in [0.5, 0.6) is 0 Å². The molecule has 0 radical (unpaired) electrons. The van der Waals surface area contributed by atoms with Gasteiger partial charge in [0.05, 0.1) is 22.9 Å². The predicted molar refractivity (Wildman–Crippen MR) is 177 cm³/mol. The zero-order chi connectivity index (χ0) is 32.9. The summed E-state index contributed by atoms with van der Waals surface area (Å²) >= 11 is 0. The van der Waals surface area contributed by atoms with Crippen LogP contribution in [-0.2, 0) is 25.8 Å². The minimum atomic E-state index is -3.61. The fourth-order valence-electron chi connectivity index (χ4n) is 6.63. The zero-order valence-corrected chi connectivity index (χ0v) is 29.0. The van der Waals surface area contributed by atoms with Crippen LogP contribution in [0.1, 0.15) is 86.1 Å². The van der Waals surface area contributed by atoms with Crippen molar-refractivity contribution in [3.8, 4) is 0 Å². The Morgan fingerprint density at radius 1 is 1.02 bits per heavy atom. The first kappa shape index (κ1) is 36.5. The van der Waals surface area contributed by atoms with Gasteiger partial charge in [0.25, 0.3) is 0 Å². The monoisotopic (exact) mass is 634 g/mol. The van der Waals surface area contributed by atoms with E-state index >= 15 is 0 Å². The number of sulfone groups is 1. The van der Waals surface area contributed by atoms with Crippen LogP contribution in [0.2, 0.25) is 0 Å². The number of carbonyl (C=O) groups excluding carboxylic acids is 2. The van der Waals surface area contributed by atoms with E-state index in [1.807, 2.05) is 65.0 Å². The van der Waals surface area contributed by atoms with Gasteiger partial charge in [-0.05, 0) is 83.7 Å². The van der Waals surface area contributed by atoms with Crippen LogP contribution < -0.4 is 16.0 Å². The van der Waals surface area contributed by atoms with E-state index < -0.39 is 38.7 Å². The summed E-state index contributed by atoms with van der Waals surface area (Å²) in [5.74, 6) is 0.695. The van der Waals surface area contributed by atoms with E-state index in [0.717, 1.165) is 37.6 Å². The Morgan fingerprint density at radius 2 is 1.64 bits per heavy atom. The van der Waals surface area contributed by atoms with Crippen LogP contribution >= 0.6 is 0 Å². The summed E-state index contributed by atoms with van der Waals surface area (Å²) < 4.78 is 24.3. The smallest absolute Gasteiger partial charge is 0.239 e. The lowest BCUT2D eigenvalue weighted by molar-refractivity contribution is -0.133. The van der Waals surface area contributed by atoms with Crippen molar-refractivity contribution in [2.24, 2.45) is 17.8 Å². The second kappa shape index (κ2) is 15.1. The number of likely N-dealkylation sites (tertiary alicyclic amines) is 1. The fourth-order valence-corrected chi connectivity index (χ4v) is 7.25. The molecule has 44 heavy (non-hydrogen) atoms. The first-order valence-corrected chi connectivity index (χ1v) is 18.3. The van der Waals surface area contributed by atoms with Crippen molar-refractivity contribution in [3.05, 3.63) is 35.9 Å². The summed E-state index contributed by atoms with van der Waals surface area (Å²) in [5.41, 5.74) is 0.567. The molecule has 0 spiro atoms. The second-order valence-electron chi connectivity index (χ2n) is 15.2.